The highest BCUT2D eigenvalue weighted by Gasteiger charge is 2.29. The largest absolute Gasteiger partial charge is 0.469 e. The molecule has 1 unspecified atom stereocenters. The molecule has 0 N–H and O–H groups in total. The number of fused-ring (bicyclic) bond motifs is 1. The fourth-order valence-electron chi connectivity index (χ4n) is 3.12. The van der Waals surface area contributed by atoms with E-state index < -0.39 is 0 Å². The number of nitrogens with zero attached hydrogens (tertiary/aromatic N) is 3. The van der Waals surface area contributed by atoms with Gasteiger partial charge in [0.15, 0.2) is 5.13 Å². The highest BCUT2D eigenvalue weighted by atomic mass is 32.1. The number of methoxy groups -OCH3 is 1. The van der Waals surface area contributed by atoms with E-state index >= 15 is 0 Å². The number of carbonyl (C=O) groups is 1. The van der Waals surface area contributed by atoms with Crippen molar-refractivity contribution in [3.63, 3.8) is 0 Å². The van der Waals surface area contributed by atoms with Gasteiger partial charge in [0.1, 0.15) is 0 Å². The topological polar surface area (TPSA) is 45.7 Å². The van der Waals surface area contributed by atoms with Crippen LogP contribution < -0.4 is 4.90 Å². The van der Waals surface area contributed by atoms with Crippen LogP contribution in [0.4, 0.5) is 5.13 Å². The van der Waals surface area contributed by atoms with Crippen molar-refractivity contribution in [3.8, 4) is 0 Å². The zero-order valence-electron chi connectivity index (χ0n) is 11.9. The lowest BCUT2D eigenvalue weighted by Crippen LogP contribution is -2.36. The number of esters is 1. The Morgan fingerprint density at radius 1 is 1.45 bits per heavy atom. The number of hydrogen-bond acceptors (Lipinski definition) is 6. The SMILES string of the molecule is COC(=O)Cc1csc(N2CCCN3CCCC3C2)n1. The average Bonchev–Trinajstić information content (AvgIpc) is 3.04. The molecule has 0 spiro atoms. The van der Waals surface area contributed by atoms with E-state index in [1.54, 1.807) is 11.3 Å². The van der Waals surface area contributed by atoms with Gasteiger partial charge < -0.3 is 9.64 Å². The molecular weight excluding hydrogens is 274 g/mol. The Morgan fingerprint density at radius 3 is 3.15 bits per heavy atom. The summed E-state index contributed by atoms with van der Waals surface area (Å²) in [6.45, 7) is 4.61. The second-order valence-corrected chi connectivity index (χ2v) is 6.34. The van der Waals surface area contributed by atoms with Gasteiger partial charge in [0.25, 0.3) is 0 Å². The van der Waals surface area contributed by atoms with Crippen LogP contribution in [0, 0.1) is 0 Å². The molecule has 1 aromatic heterocycles. The van der Waals surface area contributed by atoms with Gasteiger partial charge >= 0.3 is 5.97 Å². The lowest BCUT2D eigenvalue weighted by Gasteiger charge is -2.25. The third kappa shape index (κ3) is 2.96. The highest BCUT2D eigenvalue weighted by molar-refractivity contribution is 7.13. The van der Waals surface area contributed by atoms with Crippen molar-refractivity contribution in [1.29, 1.82) is 0 Å². The maximum atomic E-state index is 11.3. The van der Waals surface area contributed by atoms with Crippen molar-refractivity contribution in [1.82, 2.24) is 9.88 Å². The van der Waals surface area contributed by atoms with E-state index in [1.165, 1.54) is 39.5 Å². The Kier molecular flexibility index (Phi) is 4.21. The van der Waals surface area contributed by atoms with Gasteiger partial charge in [-0.15, -0.1) is 11.3 Å². The Labute approximate surface area is 123 Å². The van der Waals surface area contributed by atoms with Crippen molar-refractivity contribution in [2.24, 2.45) is 0 Å². The maximum Gasteiger partial charge on any atom is 0.311 e. The first-order valence-electron chi connectivity index (χ1n) is 7.26. The molecular formula is C14H21N3O2S. The lowest BCUT2D eigenvalue weighted by molar-refractivity contribution is -0.139. The number of hydrogen-bond donors (Lipinski definition) is 0. The number of anilines is 1. The minimum Gasteiger partial charge on any atom is -0.469 e. The fourth-order valence-corrected chi connectivity index (χ4v) is 3.99. The highest BCUT2D eigenvalue weighted by Crippen LogP contribution is 2.27. The van der Waals surface area contributed by atoms with Crippen LogP contribution in [0.15, 0.2) is 5.38 Å². The second-order valence-electron chi connectivity index (χ2n) is 5.51. The minimum atomic E-state index is -0.223. The zero-order chi connectivity index (χ0) is 13.9. The number of aromatic nitrogens is 1. The smallest absolute Gasteiger partial charge is 0.311 e. The third-order valence-corrected chi connectivity index (χ3v) is 5.12. The molecule has 1 atom stereocenters. The first-order valence-corrected chi connectivity index (χ1v) is 8.14. The summed E-state index contributed by atoms with van der Waals surface area (Å²) >= 11 is 1.64. The fraction of sp³-hybridized carbons (Fsp3) is 0.714. The molecule has 20 heavy (non-hydrogen) atoms. The summed E-state index contributed by atoms with van der Waals surface area (Å²) in [6, 6.07) is 0.686. The van der Waals surface area contributed by atoms with Gasteiger partial charge in [-0.3, -0.25) is 9.69 Å². The predicted octanol–water partition coefficient (Wildman–Crippen LogP) is 1.53. The monoisotopic (exact) mass is 295 g/mol. The van der Waals surface area contributed by atoms with Crippen molar-refractivity contribution >= 4 is 22.4 Å². The van der Waals surface area contributed by atoms with Gasteiger partial charge in [0, 0.05) is 31.1 Å². The van der Waals surface area contributed by atoms with Gasteiger partial charge in [0.05, 0.1) is 19.2 Å². The summed E-state index contributed by atoms with van der Waals surface area (Å²) in [5, 5.41) is 3.03. The first-order chi connectivity index (χ1) is 9.76. The van der Waals surface area contributed by atoms with Crippen LogP contribution in [-0.4, -0.2) is 55.2 Å². The quantitative estimate of drug-likeness (QED) is 0.792. The second kappa shape index (κ2) is 6.10. The van der Waals surface area contributed by atoms with Crippen molar-refractivity contribution in [2.45, 2.75) is 31.7 Å². The van der Waals surface area contributed by atoms with Gasteiger partial charge in [-0.2, -0.15) is 0 Å². The molecule has 0 saturated carbocycles. The van der Waals surface area contributed by atoms with Crippen LogP contribution >= 0.6 is 11.3 Å². The van der Waals surface area contributed by atoms with Crippen LogP contribution in [-0.2, 0) is 16.0 Å². The van der Waals surface area contributed by atoms with E-state index in [0.717, 1.165) is 23.9 Å². The number of rotatable bonds is 3. The Bertz CT molecular complexity index is 477. The molecule has 0 aliphatic carbocycles. The third-order valence-electron chi connectivity index (χ3n) is 4.17. The summed E-state index contributed by atoms with van der Waals surface area (Å²) < 4.78 is 4.69. The molecule has 0 amide bonds. The van der Waals surface area contributed by atoms with E-state index in [0.29, 0.717) is 6.04 Å². The maximum absolute atomic E-state index is 11.3. The molecule has 0 bridgehead atoms. The van der Waals surface area contributed by atoms with E-state index in [4.69, 9.17) is 4.74 Å². The summed E-state index contributed by atoms with van der Waals surface area (Å²) in [6.07, 6.45) is 4.10. The summed E-state index contributed by atoms with van der Waals surface area (Å²) in [7, 11) is 1.42. The molecule has 0 aromatic carbocycles. The minimum absolute atomic E-state index is 0.223. The van der Waals surface area contributed by atoms with Gasteiger partial charge in [-0.05, 0) is 25.8 Å². The van der Waals surface area contributed by atoms with Crippen molar-refractivity contribution in [3.05, 3.63) is 11.1 Å². The molecule has 3 rings (SSSR count). The summed E-state index contributed by atoms with van der Waals surface area (Å²) in [5.74, 6) is -0.223. The molecule has 0 radical (unpaired) electrons. The van der Waals surface area contributed by atoms with Crippen molar-refractivity contribution < 1.29 is 9.53 Å². The predicted molar refractivity (Wildman–Crippen MR) is 79.3 cm³/mol. The van der Waals surface area contributed by atoms with Crippen LogP contribution in [0.2, 0.25) is 0 Å². The molecule has 2 aliphatic rings. The summed E-state index contributed by atoms with van der Waals surface area (Å²) in [5.41, 5.74) is 0.823. The number of thiazole rings is 1. The van der Waals surface area contributed by atoms with Crippen molar-refractivity contribution in [2.75, 3.05) is 38.2 Å². The van der Waals surface area contributed by atoms with Crippen LogP contribution in [0.3, 0.4) is 0 Å². The van der Waals surface area contributed by atoms with Crippen LogP contribution in [0.5, 0.6) is 0 Å². The molecule has 2 saturated heterocycles. The van der Waals surface area contributed by atoms with Gasteiger partial charge in [0.2, 0.25) is 0 Å². The normalized spacial score (nSPS) is 23.4. The summed E-state index contributed by atoms with van der Waals surface area (Å²) in [4.78, 5) is 20.9. The molecule has 6 heteroatoms. The Hall–Kier alpha value is -1.14. The molecule has 5 nitrogen and oxygen atoms in total. The number of carbonyl (C=O) groups excluding carboxylic acids is 1. The molecule has 1 aromatic rings. The standard InChI is InChI=1S/C14H21N3O2S/c1-19-13(18)8-11-10-20-14(15-11)17-7-3-6-16-5-2-4-12(16)9-17/h10,12H,2-9H2,1H3. The molecule has 110 valence electrons. The van der Waals surface area contributed by atoms with Gasteiger partial charge in [-0.25, -0.2) is 4.98 Å². The van der Waals surface area contributed by atoms with E-state index in [-0.39, 0.29) is 12.4 Å². The average molecular weight is 295 g/mol. The lowest BCUT2D eigenvalue weighted by atomic mass is 10.2. The van der Waals surface area contributed by atoms with E-state index in [2.05, 4.69) is 14.8 Å². The van der Waals surface area contributed by atoms with E-state index in [9.17, 15) is 4.79 Å². The Balaban J connectivity index is 1.67. The molecule has 3 heterocycles. The van der Waals surface area contributed by atoms with E-state index in [1.807, 2.05) is 5.38 Å². The number of ether oxygens (including phenoxy) is 1. The van der Waals surface area contributed by atoms with Gasteiger partial charge in [-0.1, -0.05) is 0 Å². The van der Waals surface area contributed by atoms with Crippen LogP contribution in [0.25, 0.3) is 0 Å². The zero-order valence-corrected chi connectivity index (χ0v) is 12.7. The first kappa shape index (κ1) is 13.8. The molecule has 2 fully saturated rings. The van der Waals surface area contributed by atoms with Crippen LogP contribution in [0.1, 0.15) is 25.0 Å². The Morgan fingerprint density at radius 2 is 2.30 bits per heavy atom. The molecule has 2 aliphatic heterocycles.